The zero-order valence-corrected chi connectivity index (χ0v) is 13.6. The van der Waals surface area contributed by atoms with E-state index in [0.717, 1.165) is 11.1 Å². The van der Waals surface area contributed by atoms with Gasteiger partial charge in [0.05, 0.1) is 0 Å². The first-order chi connectivity index (χ1) is 12.2. The van der Waals surface area contributed by atoms with Gasteiger partial charge in [-0.2, -0.15) is 10.5 Å². The van der Waals surface area contributed by atoms with Gasteiger partial charge in [-0.05, 0) is 31.8 Å². The molecule has 2 aromatic rings. The van der Waals surface area contributed by atoms with Crippen molar-refractivity contribution in [2.45, 2.75) is 6.92 Å². The van der Waals surface area contributed by atoms with Crippen molar-refractivity contribution in [1.82, 2.24) is 10.5 Å². The first-order valence-corrected chi connectivity index (χ1v) is 7.51. The monoisotopic (exact) mass is 332 g/mol. The molecule has 1 aromatic carbocycles. The van der Waals surface area contributed by atoms with Crippen LogP contribution in [0.4, 0.5) is 0 Å². The third-order valence-corrected chi connectivity index (χ3v) is 3.44. The van der Waals surface area contributed by atoms with E-state index in [2.05, 4.69) is 32.2 Å². The molecule has 0 spiro atoms. The summed E-state index contributed by atoms with van der Waals surface area (Å²) in [6.07, 6.45) is 3.38. The van der Waals surface area contributed by atoms with Crippen LogP contribution >= 0.6 is 0 Å². The maximum absolute atomic E-state index is 8.01. The van der Waals surface area contributed by atoms with Gasteiger partial charge in [0.2, 0.25) is 0 Å². The van der Waals surface area contributed by atoms with Crippen LogP contribution in [0.1, 0.15) is 18.1 Å². The van der Waals surface area contributed by atoms with Crippen LogP contribution in [0, 0.1) is 5.41 Å². The number of amidine groups is 1. The highest BCUT2D eigenvalue weighted by Gasteiger charge is 2.20. The fraction of sp³-hybridized carbons (Fsp3) is 0.0556. The van der Waals surface area contributed by atoms with Crippen molar-refractivity contribution in [2.75, 3.05) is 0 Å². The Bertz CT molecular complexity index is 884. The van der Waals surface area contributed by atoms with Crippen LogP contribution in [-0.2, 0) is 4.84 Å². The molecule has 124 valence electrons. The predicted octanol–water partition coefficient (Wildman–Crippen LogP) is 2.72. The quantitative estimate of drug-likeness (QED) is 0.665. The maximum Gasteiger partial charge on any atom is 0.255 e. The largest absolute Gasteiger partial charge is 0.359 e. The number of benzene rings is 1. The lowest BCUT2D eigenvalue weighted by atomic mass is 10.2. The third kappa shape index (κ3) is 3.66. The summed E-state index contributed by atoms with van der Waals surface area (Å²) < 4.78 is 0. The predicted molar refractivity (Wildman–Crippen MR) is 97.9 cm³/mol. The summed E-state index contributed by atoms with van der Waals surface area (Å²) in [7, 11) is 0. The molecule has 0 saturated heterocycles. The molecule has 2 N–H and O–H groups in total. The average molecular weight is 332 g/mol. The van der Waals surface area contributed by atoms with Crippen LogP contribution in [0.5, 0.6) is 0 Å². The van der Waals surface area contributed by atoms with Gasteiger partial charge in [0.15, 0.2) is 17.4 Å². The summed E-state index contributed by atoms with van der Waals surface area (Å²) in [5, 5.41) is 8.01. The maximum atomic E-state index is 8.01. The number of aliphatic imine (C=N–C) groups is 3. The number of hydroxylamine groups is 1. The summed E-state index contributed by atoms with van der Waals surface area (Å²) in [5.41, 5.74) is 5.27. The van der Waals surface area contributed by atoms with Crippen LogP contribution in [0.3, 0.4) is 0 Å². The lowest BCUT2D eigenvalue weighted by Crippen LogP contribution is -2.13. The Balaban J connectivity index is 2.02. The molecule has 0 aliphatic carbocycles. The van der Waals surface area contributed by atoms with Gasteiger partial charge >= 0.3 is 0 Å². The number of hydrogen-bond donors (Lipinski definition) is 2. The van der Waals surface area contributed by atoms with E-state index in [1.54, 1.807) is 12.4 Å². The molecule has 7 nitrogen and oxygen atoms in total. The van der Waals surface area contributed by atoms with Crippen molar-refractivity contribution in [2.24, 2.45) is 15.0 Å². The zero-order chi connectivity index (χ0) is 17.6. The lowest BCUT2D eigenvalue weighted by Gasteiger charge is -2.05. The van der Waals surface area contributed by atoms with E-state index in [-0.39, 0.29) is 11.5 Å². The van der Waals surface area contributed by atoms with Gasteiger partial charge in [-0.25, -0.2) is 9.98 Å². The van der Waals surface area contributed by atoms with Gasteiger partial charge in [0, 0.05) is 29.2 Å². The fourth-order valence-electron chi connectivity index (χ4n) is 2.15. The number of rotatable bonds is 4. The van der Waals surface area contributed by atoms with Crippen molar-refractivity contribution in [3.63, 3.8) is 0 Å². The van der Waals surface area contributed by atoms with E-state index in [1.165, 1.54) is 0 Å². The smallest absolute Gasteiger partial charge is 0.255 e. The van der Waals surface area contributed by atoms with E-state index in [1.807, 2.05) is 49.4 Å². The molecular formula is C18H16N6O. The highest BCUT2D eigenvalue weighted by Crippen LogP contribution is 2.17. The van der Waals surface area contributed by atoms with Crippen molar-refractivity contribution >= 4 is 24.2 Å². The minimum absolute atomic E-state index is 0.104. The van der Waals surface area contributed by atoms with Gasteiger partial charge in [-0.3, -0.25) is 10.4 Å². The lowest BCUT2D eigenvalue weighted by molar-refractivity contribution is 0.237. The molecule has 0 radical (unpaired) electrons. The highest BCUT2D eigenvalue weighted by atomic mass is 16.7. The minimum atomic E-state index is -0.104. The summed E-state index contributed by atoms with van der Waals surface area (Å²) >= 11 is 0. The van der Waals surface area contributed by atoms with Gasteiger partial charge in [0.1, 0.15) is 0 Å². The SMILES string of the molecule is C=NC(=N)C(N=C(C)c1cccnc1)=C1N=C(c2ccccc2)ON1. The molecule has 0 saturated carbocycles. The second-order valence-electron chi connectivity index (χ2n) is 5.13. The molecule has 0 bridgehead atoms. The summed E-state index contributed by atoms with van der Waals surface area (Å²) in [5.74, 6) is 0.603. The van der Waals surface area contributed by atoms with Crippen molar-refractivity contribution in [3.8, 4) is 0 Å². The molecule has 1 aliphatic heterocycles. The van der Waals surface area contributed by atoms with Crippen molar-refractivity contribution in [1.29, 1.82) is 5.41 Å². The summed E-state index contributed by atoms with van der Waals surface area (Å²) in [4.78, 5) is 22.0. The van der Waals surface area contributed by atoms with Crippen molar-refractivity contribution in [3.05, 3.63) is 77.5 Å². The number of hydrogen-bond acceptors (Lipinski definition) is 6. The van der Waals surface area contributed by atoms with Crippen LogP contribution in [0.2, 0.25) is 0 Å². The van der Waals surface area contributed by atoms with E-state index >= 15 is 0 Å². The Morgan fingerprint density at radius 3 is 2.68 bits per heavy atom. The minimum Gasteiger partial charge on any atom is -0.359 e. The molecule has 2 heterocycles. The zero-order valence-electron chi connectivity index (χ0n) is 13.6. The Morgan fingerprint density at radius 1 is 1.20 bits per heavy atom. The normalized spacial score (nSPS) is 15.7. The van der Waals surface area contributed by atoms with Crippen LogP contribution in [0.15, 0.2) is 81.4 Å². The first kappa shape index (κ1) is 16.3. The Labute approximate surface area is 145 Å². The molecule has 1 aromatic heterocycles. The van der Waals surface area contributed by atoms with E-state index in [9.17, 15) is 0 Å². The van der Waals surface area contributed by atoms with Crippen LogP contribution < -0.4 is 5.48 Å². The van der Waals surface area contributed by atoms with Gasteiger partial charge in [-0.15, -0.1) is 0 Å². The van der Waals surface area contributed by atoms with Crippen molar-refractivity contribution < 1.29 is 4.84 Å². The molecule has 25 heavy (non-hydrogen) atoms. The summed E-state index contributed by atoms with van der Waals surface area (Å²) in [6.45, 7) is 5.23. The molecule has 0 amide bonds. The Morgan fingerprint density at radius 2 is 2.00 bits per heavy atom. The fourth-order valence-corrected chi connectivity index (χ4v) is 2.15. The molecule has 3 rings (SSSR count). The van der Waals surface area contributed by atoms with Crippen LogP contribution in [-0.4, -0.2) is 29.1 Å². The van der Waals surface area contributed by atoms with Gasteiger partial charge in [-0.1, -0.05) is 24.3 Å². The van der Waals surface area contributed by atoms with E-state index < -0.39 is 0 Å². The Hall–Kier alpha value is -3.61. The molecule has 0 unspecified atom stereocenters. The molecule has 0 fully saturated rings. The number of nitrogens with zero attached hydrogens (tertiary/aromatic N) is 4. The number of aromatic nitrogens is 1. The first-order valence-electron chi connectivity index (χ1n) is 7.51. The topological polar surface area (TPSA) is 95.1 Å². The van der Waals surface area contributed by atoms with Crippen LogP contribution in [0.25, 0.3) is 0 Å². The molecule has 1 aliphatic rings. The molecular weight excluding hydrogens is 316 g/mol. The second-order valence-corrected chi connectivity index (χ2v) is 5.13. The highest BCUT2D eigenvalue weighted by molar-refractivity contribution is 6.06. The van der Waals surface area contributed by atoms with E-state index in [0.29, 0.717) is 17.4 Å². The average Bonchev–Trinajstić information content (AvgIpc) is 3.16. The molecule has 7 heteroatoms. The third-order valence-electron chi connectivity index (χ3n) is 3.44. The standard InChI is InChI=1S/C18H16N6O/c1-12(14-9-6-10-21-11-14)22-15(16(19)20-2)17-23-18(25-24-17)13-7-4-3-5-8-13/h3-11,19,24H,2H2,1H3. The van der Waals surface area contributed by atoms with E-state index in [4.69, 9.17) is 10.2 Å². The second kappa shape index (κ2) is 7.31. The molecule has 0 atom stereocenters. The number of nitrogens with one attached hydrogen (secondary N) is 2. The summed E-state index contributed by atoms with van der Waals surface area (Å²) in [6, 6.07) is 13.2. The Kier molecular flexibility index (Phi) is 4.75. The number of pyridine rings is 1. The van der Waals surface area contributed by atoms with Gasteiger partial charge in [0.25, 0.3) is 5.90 Å². The van der Waals surface area contributed by atoms with Gasteiger partial charge < -0.3 is 4.84 Å².